The summed E-state index contributed by atoms with van der Waals surface area (Å²) in [6.07, 6.45) is 1.11. The standard InChI is InChI=1S/C17H11ClN8O3/c18-11-6-2-1-5-10(11)17(27)23-22-15-14(26(28)29)16(20-9-19-15)25-13-8-4-3-7-12(13)21-24-25/h1-9H,(H,23,27)(H,19,20,22). The van der Waals surface area contributed by atoms with Crippen molar-refractivity contribution in [1.29, 1.82) is 0 Å². The number of amides is 1. The number of benzene rings is 2. The highest BCUT2D eigenvalue weighted by molar-refractivity contribution is 6.33. The molecule has 0 unspecified atom stereocenters. The second kappa shape index (κ2) is 7.48. The number of halogens is 1. The minimum atomic E-state index is -0.671. The van der Waals surface area contributed by atoms with Gasteiger partial charge in [-0.15, -0.1) is 5.10 Å². The van der Waals surface area contributed by atoms with Crippen molar-refractivity contribution in [2.75, 3.05) is 5.43 Å². The van der Waals surface area contributed by atoms with Crippen molar-refractivity contribution in [2.45, 2.75) is 0 Å². The number of nitrogens with one attached hydrogen (secondary N) is 2. The van der Waals surface area contributed by atoms with Gasteiger partial charge in [0.1, 0.15) is 11.8 Å². The summed E-state index contributed by atoms with van der Waals surface area (Å²) >= 11 is 5.99. The maximum Gasteiger partial charge on any atom is 0.357 e. The van der Waals surface area contributed by atoms with Crippen LogP contribution < -0.4 is 10.9 Å². The van der Waals surface area contributed by atoms with Crippen molar-refractivity contribution in [2.24, 2.45) is 0 Å². The molecule has 4 rings (SSSR count). The molecule has 0 aliphatic carbocycles. The zero-order chi connectivity index (χ0) is 20.4. The summed E-state index contributed by atoms with van der Waals surface area (Å²) < 4.78 is 1.23. The van der Waals surface area contributed by atoms with Crippen LogP contribution in [0.3, 0.4) is 0 Å². The van der Waals surface area contributed by atoms with Gasteiger partial charge in [-0.1, -0.05) is 41.1 Å². The summed E-state index contributed by atoms with van der Waals surface area (Å²) in [5.74, 6) is -0.913. The van der Waals surface area contributed by atoms with Crippen molar-refractivity contribution in [1.82, 2.24) is 30.4 Å². The van der Waals surface area contributed by atoms with Crippen LogP contribution in [0.5, 0.6) is 0 Å². The SMILES string of the molecule is O=C(NNc1ncnc(-n2nnc3ccccc32)c1[N+](=O)[O-])c1ccccc1Cl. The third-order valence-electron chi connectivity index (χ3n) is 3.95. The molecule has 0 saturated heterocycles. The Morgan fingerprint density at radius 2 is 1.86 bits per heavy atom. The van der Waals surface area contributed by atoms with Gasteiger partial charge in [0.2, 0.25) is 11.6 Å². The van der Waals surface area contributed by atoms with Gasteiger partial charge in [0.25, 0.3) is 5.91 Å². The van der Waals surface area contributed by atoms with Crippen molar-refractivity contribution < 1.29 is 9.72 Å². The molecule has 0 radical (unpaired) electrons. The number of aromatic nitrogens is 5. The Hall–Kier alpha value is -4.12. The first kappa shape index (κ1) is 18.3. The lowest BCUT2D eigenvalue weighted by Crippen LogP contribution is -2.30. The van der Waals surface area contributed by atoms with Crippen LogP contribution in [0.25, 0.3) is 16.9 Å². The molecule has 0 spiro atoms. The highest BCUT2D eigenvalue weighted by Crippen LogP contribution is 2.28. The van der Waals surface area contributed by atoms with Crippen LogP contribution >= 0.6 is 11.6 Å². The van der Waals surface area contributed by atoms with Crippen LogP contribution in [0.15, 0.2) is 54.9 Å². The molecule has 29 heavy (non-hydrogen) atoms. The summed E-state index contributed by atoms with van der Waals surface area (Å²) in [6, 6.07) is 13.3. The van der Waals surface area contributed by atoms with Crippen molar-refractivity contribution >= 4 is 40.0 Å². The van der Waals surface area contributed by atoms with E-state index in [1.807, 2.05) is 0 Å². The predicted octanol–water partition coefficient (Wildman–Crippen LogP) is 2.53. The first-order chi connectivity index (χ1) is 14.1. The van der Waals surface area contributed by atoms with Gasteiger partial charge in [0.05, 0.1) is 21.0 Å². The Balaban J connectivity index is 1.70. The van der Waals surface area contributed by atoms with E-state index in [9.17, 15) is 14.9 Å². The van der Waals surface area contributed by atoms with Gasteiger partial charge < -0.3 is 0 Å². The number of nitrogens with zero attached hydrogens (tertiary/aromatic N) is 6. The second-order valence-electron chi connectivity index (χ2n) is 5.70. The van der Waals surface area contributed by atoms with E-state index in [1.54, 1.807) is 42.5 Å². The molecule has 11 nitrogen and oxygen atoms in total. The van der Waals surface area contributed by atoms with Gasteiger partial charge in [-0.25, -0.2) is 9.97 Å². The summed E-state index contributed by atoms with van der Waals surface area (Å²) in [5, 5.41) is 19.9. The number of nitro groups is 1. The number of carbonyl (C=O) groups is 1. The Bertz CT molecular complexity index is 1240. The molecule has 0 aliphatic heterocycles. The average molecular weight is 411 g/mol. The second-order valence-corrected chi connectivity index (χ2v) is 6.11. The maximum absolute atomic E-state index is 12.3. The summed E-state index contributed by atoms with van der Waals surface area (Å²) in [5.41, 5.74) is 5.59. The predicted molar refractivity (Wildman–Crippen MR) is 104 cm³/mol. The highest BCUT2D eigenvalue weighted by atomic mass is 35.5. The Kier molecular flexibility index (Phi) is 4.71. The molecule has 2 N–H and O–H groups in total. The Labute approximate surface area is 167 Å². The van der Waals surface area contributed by atoms with Crippen molar-refractivity contribution in [3.8, 4) is 5.82 Å². The molecule has 144 valence electrons. The van der Waals surface area contributed by atoms with E-state index in [2.05, 4.69) is 31.1 Å². The molecule has 2 heterocycles. The van der Waals surface area contributed by atoms with E-state index in [4.69, 9.17) is 11.6 Å². The molecule has 0 bridgehead atoms. The van der Waals surface area contributed by atoms with Gasteiger partial charge in [0.15, 0.2) is 0 Å². The molecule has 2 aromatic heterocycles. The van der Waals surface area contributed by atoms with Gasteiger partial charge in [-0.05, 0) is 24.3 Å². The van der Waals surface area contributed by atoms with E-state index in [0.29, 0.717) is 11.0 Å². The number of carbonyl (C=O) groups excluding carboxylic acids is 1. The van der Waals surface area contributed by atoms with E-state index >= 15 is 0 Å². The topological polar surface area (TPSA) is 141 Å². The fourth-order valence-electron chi connectivity index (χ4n) is 2.64. The van der Waals surface area contributed by atoms with Crippen LogP contribution in [0.4, 0.5) is 11.5 Å². The lowest BCUT2D eigenvalue weighted by atomic mass is 10.2. The third-order valence-corrected chi connectivity index (χ3v) is 4.28. The minimum Gasteiger partial charge on any atom is -0.276 e. The number of rotatable bonds is 5. The van der Waals surface area contributed by atoms with Gasteiger partial charge >= 0.3 is 5.69 Å². The van der Waals surface area contributed by atoms with E-state index in [0.717, 1.165) is 6.33 Å². The van der Waals surface area contributed by atoms with Crippen molar-refractivity contribution in [3.05, 3.63) is 75.6 Å². The first-order valence-corrected chi connectivity index (χ1v) is 8.55. The average Bonchev–Trinajstić information content (AvgIpc) is 3.16. The number of hydrogen-bond acceptors (Lipinski definition) is 8. The molecule has 2 aromatic carbocycles. The smallest absolute Gasteiger partial charge is 0.276 e. The van der Waals surface area contributed by atoms with Crippen molar-refractivity contribution in [3.63, 3.8) is 0 Å². The summed E-state index contributed by atoms with van der Waals surface area (Å²) in [7, 11) is 0. The van der Waals surface area contributed by atoms with E-state index in [1.165, 1.54) is 10.7 Å². The molecule has 0 aliphatic rings. The van der Waals surface area contributed by atoms with Crippen LogP contribution in [0, 0.1) is 10.1 Å². The number of anilines is 1. The zero-order valence-electron chi connectivity index (χ0n) is 14.5. The van der Waals surface area contributed by atoms with Crippen LogP contribution in [-0.2, 0) is 0 Å². The maximum atomic E-state index is 12.3. The number of hydrazine groups is 1. The van der Waals surface area contributed by atoms with Crippen LogP contribution in [0.2, 0.25) is 5.02 Å². The number of para-hydroxylation sites is 1. The molecule has 12 heteroatoms. The molecule has 0 saturated carbocycles. The lowest BCUT2D eigenvalue weighted by Gasteiger charge is -2.10. The first-order valence-electron chi connectivity index (χ1n) is 8.17. The molecule has 0 fully saturated rings. The normalized spacial score (nSPS) is 10.7. The number of fused-ring (bicyclic) bond motifs is 1. The molecular weight excluding hydrogens is 400 g/mol. The fourth-order valence-corrected chi connectivity index (χ4v) is 2.86. The Morgan fingerprint density at radius 1 is 1.10 bits per heavy atom. The quantitative estimate of drug-likeness (QED) is 0.377. The monoisotopic (exact) mass is 410 g/mol. The zero-order valence-corrected chi connectivity index (χ0v) is 15.2. The molecule has 4 aromatic rings. The fraction of sp³-hybridized carbons (Fsp3) is 0. The van der Waals surface area contributed by atoms with Gasteiger partial charge in [-0.3, -0.25) is 25.8 Å². The lowest BCUT2D eigenvalue weighted by molar-refractivity contribution is -0.384. The van der Waals surface area contributed by atoms with Crippen LogP contribution in [0.1, 0.15) is 10.4 Å². The largest absolute Gasteiger partial charge is 0.357 e. The van der Waals surface area contributed by atoms with Crippen LogP contribution in [-0.4, -0.2) is 35.8 Å². The van der Waals surface area contributed by atoms with Gasteiger partial charge in [0, 0.05) is 0 Å². The molecule has 0 atom stereocenters. The number of hydrogen-bond donors (Lipinski definition) is 2. The summed E-state index contributed by atoms with van der Waals surface area (Å²) in [4.78, 5) is 31.2. The summed E-state index contributed by atoms with van der Waals surface area (Å²) in [6.45, 7) is 0. The highest BCUT2D eigenvalue weighted by Gasteiger charge is 2.26. The Morgan fingerprint density at radius 3 is 2.66 bits per heavy atom. The third kappa shape index (κ3) is 3.41. The minimum absolute atomic E-state index is 0.104. The molecular formula is C17H11ClN8O3. The molecule has 1 amide bonds. The van der Waals surface area contributed by atoms with E-state index < -0.39 is 16.5 Å². The van der Waals surface area contributed by atoms with E-state index in [-0.39, 0.29) is 22.2 Å². The van der Waals surface area contributed by atoms with Gasteiger partial charge in [-0.2, -0.15) is 4.68 Å².